The molecule has 2 heterocycles. The number of nitrogens with zero attached hydrogens (tertiary/aromatic N) is 3. The summed E-state index contributed by atoms with van der Waals surface area (Å²) >= 11 is 0. The normalized spacial score (nSPS) is 14.9. The van der Waals surface area contributed by atoms with Crippen LogP contribution in [0.1, 0.15) is 11.4 Å². The molecule has 4 rings (SSSR count). The first kappa shape index (κ1) is 15.7. The molecule has 0 atom stereocenters. The van der Waals surface area contributed by atoms with Gasteiger partial charge in [0.1, 0.15) is 5.82 Å². The maximum atomic E-state index is 12.5. The van der Waals surface area contributed by atoms with Crippen LogP contribution in [0.4, 0.5) is 5.69 Å². The first-order valence-corrected chi connectivity index (χ1v) is 8.72. The molecule has 1 fully saturated rings. The van der Waals surface area contributed by atoms with Gasteiger partial charge in [0, 0.05) is 31.9 Å². The van der Waals surface area contributed by atoms with Crippen molar-refractivity contribution < 1.29 is 4.79 Å². The van der Waals surface area contributed by atoms with E-state index in [2.05, 4.69) is 33.1 Å². The van der Waals surface area contributed by atoms with Crippen LogP contribution in [0.2, 0.25) is 0 Å². The van der Waals surface area contributed by atoms with E-state index in [1.165, 1.54) is 5.69 Å². The second-order valence-electron chi connectivity index (χ2n) is 6.55. The summed E-state index contributed by atoms with van der Waals surface area (Å²) in [5, 5.41) is 0. The summed E-state index contributed by atoms with van der Waals surface area (Å²) in [6, 6.07) is 16.3. The number of hydrogen-bond donors (Lipinski definition) is 1. The van der Waals surface area contributed by atoms with E-state index in [0.717, 1.165) is 48.6 Å². The summed E-state index contributed by atoms with van der Waals surface area (Å²) in [6.07, 6.45) is 0.486. The number of piperazine rings is 1. The van der Waals surface area contributed by atoms with Crippen LogP contribution in [0.15, 0.2) is 48.5 Å². The number of nitrogens with one attached hydrogen (secondary N) is 1. The van der Waals surface area contributed by atoms with Gasteiger partial charge in [0.15, 0.2) is 0 Å². The van der Waals surface area contributed by atoms with Crippen LogP contribution in [0.25, 0.3) is 11.0 Å². The lowest BCUT2D eigenvalue weighted by Gasteiger charge is -2.36. The zero-order valence-corrected chi connectivity index (χ0v) is 14.4. The number of aromatic nitrogens is 2. The molecule has 25 heavy (non-hydrogen) atoms. The van der Waals surface area contributed by atoms with Crippen molar-refractivity contribution >= 4 is 22.6 Å². The van der Waals surface area contributed by atoms with Crippen molar-refractivity contribution in [2.75, 3.05) is 31.1 Å². The number of imidazole rings is 1. The highest BCUT2D eigenvalue weighted by Crippen LogP contribution is 2.22. The average molecular weight is 334 g/mol. The fraction of sp³-hybridized carbons (Fsp3) is 0.300. The van der Waals surface area contributed by atoms with Gasteiger partial charge in [-0.1, -0.05) is 30.3 Å². The second kappa shape index (κ2) is 6.59. The standard InChI is InChI=1S/C20H22N4O/c1-15-21-18-8-7-17(14-19(18)22-15)23-9-11-24(12-10-23)20(25)13-16-5-3-2-4-6-16/h2-8,14H,9-13H2,1H3,(H,21,22). The van der Waals surface area contributed by atoms with E-state index < -0.39 is 0 Å². The largest absolute Gasteiger partial charge is 0.368 e. The smallest absolute Gasteiger partial charge is 0.227 e. The van der Waals surface area contributed by atoms with Crippen LogP contribution in [0.5, 0.6) is 0 Å². The molecule has 5 nitrogen and oxygen atoms in total. The Morgan fingerprint density at radius 1 is 1.08 bits per heavy atom. The highest BCUT2D eigenvalue weighted by molar-refractivity contribution is 5.80. The summed E-state index contributed by atoms with van der Waals surface area (Å²) in [6.45, 7) is 5.23. The molecule has 1 saturated heterocycles. The monoisotopic (exact) mass is 334 g/mol. The molecule has 1 aliphatic heterocycles. The molecule has 0 saturated carbocycles. The molecule has 0 unspecified atom stereocenters. The summed E-state index contributed by atoms with van der Waals surface area (Å²) < 4.78 is 0. The number of hydrogen-bond acceptors (Lipinski definition) is 3. The Morgan fingerprint density at radius 2 is 1.84 bits per heavy atom. The van der Waals surface area contributed by atoms with Crippen molar-refractivity contribution in [1.82, 2.24) is 14.9 Å². The molecule has 0 spiro atoms. The van der Waals surface area contributed by atoms with Crippen molar-refractivity contribution in [2.45, 2.75) is 13.3 Å². The zero-order valence-electron chi connectivity index (χ0n) is 14.4. The number of fused-ring (bicyclic) bond motifs is 1. The fourth-order valence-electron chi connectivity index (χ4n) is 3.42. The first-order valence-electron chi connectivity index (χ1n) is 8.72. The van der Waals surface area contributed by atoms with E-state index in [-0.39, 0.29) is 5.91 Å². The Bertz CT molecular complexity index is 879. The predicted molar refractivity (Wildman–Crippen MR) is 99.8 cm³/mol. The van der Waals surface area contributed by atoms with Gasteiger partial charge in [0.2, 0.25) is 5.91 Å². The summed E-state index contributed by atoms with van der Waals surface area (Å²) in [5.74, 6) is 1.15. The Kier molecular flexibility index (Phi) is 4.14. The molecule has 2 aromatic carbocycles. The molecule has 1 aromatic heterocycles. The van der Waals surface area contributed by atoms with Crippen molar-refractivity contribution in [3.8, 4) is 0 Å². The van der Waals surface area contributed by atoms with Crippen molar-refractivity contribution in [1.29, 1.82) is 0 Å². The molecule has 5 heteroatoms. The van der Waals surface area contributed by atoms with Crippen molar-refractivity contribution in [3.63, 3.8) is 0 Å². The molecule has 3 aromatic rings. The first-order chi connectivity index (χ1) is 12.2. The topological polar surface area (TPSA) is 52.2 Å². The zero-order chi connectivity index (χ0) is 17.2. The van der Waals surface area contributed by atoms with Gasteiger partial charge in [0.05, 0.1) is 17.5 Å². The van der Waals surface area contributed by atoms with Crippen molar-refractivity contribution in [2.24, 2.45) is 0 Å². The lowest BCUT2D eigenvalue weighted by Crippen LogP contribution is -2.49. The minimum absolute atomic E-state index is 0.213. The number of rotatable bonds is 3. The van der Waals surface area contributed by atoms with E-state index in [1.807, 2.05) is 42.2 Å². The predicted octanol–water partition coefficient (Wildman–Crippen LogP) is 2.76. The lowest BCUT2D eigenvalue weighted by molar-refractivity contribution is -0.130. The van der Waals surface area contributed by atoms with Crippen LogP contribution < -0.4 is 4.90 Å². The van der Waals surface area contributed by atoms with Crippen molar-refractivity contribution in [3.05, 3.63) is 59.9 Å². The molecule has 0 radical (unpaired) electrons. The van der Waals surface area contributed by atoms with Gasteiger partial charge in [-0.25, -0.2) is 4.98 Å². The Labute approximate surface area is 147 Å². The summed E-state index contributed by atoms with van der Waals surface area (Å²) in [7, 11) is 0. The van der Waals surface area contributed by atoms with Crippen LogP contribution in [-0.4, -0.2) is 47.0 Å². The number of aryl methyl sites for hydroxylation is 1. The number of anilines is 1. The number of aromatic amines is 1. The number of H-pyrrole nitrogens is 1. The molecular weight excluding hydrogens is 312 g/mol. The van der Waals surface area contributed by atoms with Gasteiger partial charge >= 0.3 is 0 Å². The molecule has 0 bridgehead atoms. The molecule has 1 aliphatic rings. The third-order valence-corrected chi connectivity index (χ3v) is 4.78. The third-order valence-electron chi connectivity index (χ3n) is 4.78. The molecule has 0 aliphatic carbocycles. The third kappa shape index (κ3) is 3.36. The SMILES string of the molecule is Cc1nc2ccc(N3CCN(C(=O)Cc4ccccc4)CC3)cc2[nH]1. The number of carbonyl (C=O) groups excluding carboxylic acids is 1. The highest BCUT2D eigenvalue weighted by Gasteiger charge is 2.21. The van der Waals surface area contributed by atoms with Gasteiger partial charge in [-0.2, -0.15) is 0 Å². The van der Waals surface area contributed by atoms with Crippen LogP contribution in [-0.2, 0) is 11.2 Å². The van der Waals surface area contributed by atoms with Crippen LogP contribution in [0, 0.1) is 6.92 Å². The van der Waals surface area contributed by atoms with Gasteiger partial charge in [-0.15, -0.1) is 0 Å². The van der Waals surface area contributed by atoms with Gasteiger partial charge in [-0.3, -0.25) is 4.79 Å². The number of amides is 1. The van der Waals surface area contributed by atoms with E-state index in [9.17, 15) is 4.79 Å². The van der Waals surface area contributed by atoms with E-state index in [0.29, 0.717) is 6.42 Å². The quantitative estimate of drug-likeness (QED) is 0.801. The fourth-order valence-corrected chi connectivity index (χ4v) is 3.42. The minimum Gasteiger partial charge on any atom is -0.368 e. The number of benzene rings is 2. The lowest BCUT2D eigenvalue weighted by atomic mass is 10.1. The summed E-state index contributed by atoms with van der Waals surface area (Å²) in [5.41, 5.74) is 4.33. The minimum atomic E-state index is 0.213. The Balaban J connectivity index is 1.39. The molecule has 1 amide bonds. The van der Waals surface area contributed by atoms with Crippen LogP contribution in [0.3, 0.4) is 0 Å². The molecule has 128 valence electrons. The van der Waals surface area contributed by atoms with E-state index >= 15 is 0 Å². The molecular formula is C20H22N4O. The Morgan fingerprint density at radius 3 is 2.60 bits per heavy atom. The van der Waals surface area contributed by atoms with Crippen LogP contribution >= 0.6 is 0 Å². The van der Waals surface area contributed by atoms with Gasteiger partial charge in [-0.05, 0) is 30.7 Å². The summed E-state index contributed by atoms with van der Waals surface area (Å²) in [4.78, 5) is 24.5. The van der Waals surface area contributed by atoms with Gasteiger partial charge < -0.3 is 14.8 Å². The Hall–Kier alpha value is -2.82. The average Bonchev–Trinajstić information content (AvgIpc) is 3.02. The maximum Gasteiger partial charge on any atom is 0.227 e. The molecule has 1 N–H and O–H groups in total. The van der Waals surface area contributed by atoms with E-state index in [1.54, 1.807) is 0 Å². The maximum absolute atomic E-state index is 12.5. The van der Waals surface area contributed by atoms with E-state index in [4.69, 9.17) is 0 Å². The number of carbonyl (C=O) groups is 1. The van der Waals surface area contributed by atoms with Gasteiger partial charge in [0.25, 0.3) is 0 Å². The second-order valence-corrected chi connectivity index (χ2v) is 6.55. The highest BCUT2D eigenvalue weighted by atomic mass is 16.2.